The standard InChI is InChI=1S/C19H18N2O2/c22-19(23)18-10-14-6-2-1-5-13(14)9-17(18)15-11-20-21(12-15)16-7-3-4-8-16/h1-2,5-6,9-12,16H,3-4,7-8H2,(H,22,23). The number of nitrogens with zero attached hydrogens (tertiary/aromatic N) is 2. The van der Waals surface area contributed by atoms with Crippen LogP contribution in [0.2, 0.25) is 0 Å². The fourth-order valence-corrected chi connectivity index (χ4v) is 3.50. The molecule has 1 fully saturated rings. The molecule has 0 radical (unpaired) electrons. The van der Waals surface area contributed by atoms with E-state index in [9.17, 15) is 9.90 Å². The number of hydrogen-bond acceptors (Lipinski definition) is 2. The first-order chi connectivity index (χ1) is 11.2. The Hall–Kier alpha value is -2.62. The van der Waals surface area contributed by atoms with Crippen molar-refractivity contribution in [3.05, 3.63) is 54.4 Å². The van der Waals surface area contributed by atoms with Gasteiger partial charge in [0.15, 0.2) is 0 Å². The van der Waals surface area contributed by atoms with Gasteiger partial charge in [-0.15, -0.1) is 0 Å². The van der Waals surface area contributed by atoms with E-state index in [0.717, 1.165) is 34.7 Å². The number of benzene rings is 2. The number of aromatic carboxylic acids is 1. The number of carbonyl (C=O) groups is 1. The highest BCUT2D eigenvalue weighted by molar-refractivity contribution is 6.02. The van der Waals surface area contributed by atoms with Gasteiger partial charge in [0.25, 0.3) is 0 Å². The Morgan fingerprint density at radius 1 is 1.13 bits per heavy atom. The highest BCUT2D eigenvalue weighted by atomic mass is 16.4. The molecule has 1 saturated carbocycles. The number of hydrogen-bond donors (Lipinski definition) is 1. The molecule has 116 valence electrons. The third-order valence-electron chi connectivity index (χ3n) is 4.73. The van der Waals surface area contributed by atoms with Crippen LogP contribution in [-0.4, -0.2) is 20.9 Å². The van der Waals surface area contributed by atoms with Gasteiger partial charge in [0.1, 0.15) is 0 Å². The summed E-state index contributed by atoms with van der Waals surface area (Å²) in [6.45, 7) is 0. The summed E-state index contributed by atoms with van der Waals surface area (Å²) in [5.74, 6) is -0.903. The third kappa shape index (κ3) is 2.50. The molecule has 1 aromatic heterocycles. The number of carboxylic acids is 1. The van der Waals surface area contributed by atoms with Gasteiger partial charge in [0.2, 0.25) is 0 Å². The number of rotatable bonds is 3. The molecule has 0 unspecified atom stereocenters. The maximum absolute atomic E-state index is 11.7. The molecule has 0 spiro atoms. The van der Waals surface area contributed by atoms with Gasteiger partial charge in [0, 0.05) is 11.8 Å². The zero-order chi connectivity index (χ0) is 15.8. The smallest absolute Gasteiger partial charge is 0.336 e. The van der Waals surface area contributed by atoms with E-state index in [1.54, 1.807) is 12.3 Å². The van der Waals surface area contributed by atoms with Crippen LogP contribution in [0.3, 0.4) is 0 Å². The molecule has 23 heavy (non-hydrogen) atoms. The summed E-state index contributed by atoms with van der Waals surface area (Å²) in [6.07, 6.45) is 8.59. The van der Waals surface area contributed by atoms with Crippen LogP contribution in [0.15, 0.2) is 48.8 Å². The van der Waals surface area contributed by atoms with Gasteiger partial charge in [-0.25, -0.2) is 4.79 Å². The van der Waals surface area contributed by atoms with Crippen LogP contribution in [0.4, 0.5) is 0 Å². The first kappa shape index (κ1) is 14.0. The van der Waals surface area contributed by atoms with Crippen LogP contribution in [0.25, 0.3) is 21.9 Å². The minimum absolute atomic E-state index is 0.328. The average Bonchev–Trinajstić information content (AvgIpc) is 3.24. The first-order valence-corrected chi connectivity index (χ1v) is 8.03. The van der Waals surface area contributed by atoms with Crippen molar-refractivity contribution >= 4 is 16.7 Å². The Kier molecular flexibility index (Phi) is 3.37. The molecule has 0 atom stereocenters. The predicted octanol–water partition coefficient (Wildman–Crippen LogP) is 4.52. The second kappa shape index (κ2) is 5.54. The van der Waals surface area contributed by atoms with Crippen molar-refractivity contribution in [3.8, 4) is 11.1 Å². The molecule has 1 N–H and O–H groups in total. The fourth-order valence-electron chi connectivity index (χ4n) is 3.50. The zero-order valence-corrected chi connectivity index (χ0v) is 12.8. The van der Waals surface area contributed by atoms with Crippen LogP contribution in [0.1, 0.15) is 42.1 Å². The van der Waals surface area contributed by atoms with Crippen LogP contribution < -0.4 is 0 Å². The van der Waals surface area contributed by atoms with E-state index in [4.69, 9.17) is 0 Å². The minimum Gasteiger partial charge on any atom is -0.478 e. The maximum Gasteiger partial charge on any atom is 0.336 e. The lowest BCUT2D eigenvalue weighted by Gasteiger charge is -2.09. The molecule has 4 heteroatoms. The molecule has 3 aromatic rings. The van der Waals surface area contributed by atoms with E-state index in [1.807, 2.05) is 41.2 Å². The minimum atomic E-state index is -0.903. The molecule has 2 aromatic carbocycles. The summed E-state index contributed by atoms with van der Waals surface area (Å²) < 4.78 is 2.00. The molecule has 4 rings (SSSR count). The van der Waals surface area contributed by atoms with Gasteiger partial charge >= 0.3 is 5.97 Å². The Balaban J connectivity index is 1.83. The second-order valence-electron chi connectivity index (χ2n) is 6.20. The Labute approximate surface area is 134 Å². The monoisotopic (exact) mass is 306 g/mol. The Morgan fingerprint density at radius 2 is 1.83 bits per heavy atom. The van der Waals surface area contributed by atoms with Crippen molar-refractivity contribution in [1.29, 1.82) is 0 Å². The predicted molar refractivity (Wildman–Crippen MR) is 89.6 cm³/mol. The normalized spacial score (nSPS) is 15.3. The summed E-state index contributed by atoms with van der Waals surface area (Å²) in [5.41, 5.74) is 1.94. The molecule has 1 aliphatic rings. The highest BCUT2D eigenvalue weighted by Gasteiger charge is 2.19. The largest absolute Gasteiger partial charge is 0.478 e. The molecule has 0 aliphatic heterocycles. The molecule has 1 aliphatic carbocycles. The molecule has 0 bridgehead atoms. The van der Waals surface area contributed by atoms with Gasteiger partial charge in [0.05, 0.1) is 17.8 Å². The molecule has 1 heterocycles. The van der Waals surface area contributed by atoms with Crippen molar-refractivity contribution in [3.63, 3.8) is 0 Å². The van der Waals surface area contributed by atoms with Gasteiger partial charge in [-0.1, -0.05) is 37.1 Å². The van der Waals surface area contributed by atoms with Gasteiger partial charge in [-0.3, -0.25) is 4.68 Å². The van der Waals surface area contributed by atoms with Crippen LogP contribution in [-0.2, 0) is 0 Å². The molecule has 0 saturated heterocycles. The van der Waals surface area contributed by atoms with E-state index in [0.29, 0.717) is 11.6 Å². The van der Waals surface area contributed by atoms with E-state index in [2.05, 4.69) is 5.10 Å². The molecular weight excluding hydrogens is 288 g/mol. The SMILES string of the molecule is O=C(O)c1cc2ccccc2cc1-c1cnn(C2CCCC2)c1. The first-order valence-electron chi connectivity index (χ1n) is 8.03. The average molecular weight is 306 g/mol. The Morgan fingerprint density at radius 3 is 2.52 bits per heavy atom. The maximum atomic E-state index is 11.7. The summed E-state index contributed by atoms with van der Waals surface area (Å²) in [6, 6.07) is 12.0. The van der Waals surface area contributed by atoms with Gasteiger partial charge in [-0.2, -0.15) is 5.10 Å². The summed E-state index contributed by atoms with van der Waals surface area (Å²) >= 11 is 0. The van der Waals surface area contributed by atoms with Crippen molar-refractivity contribution in [2.24, 2.45) is 0 Å². The van der Waals surface area contributed by atoms with Crippen molar-refractivity contribution < 1.29 is 9.90 Å². The van der Waals surface area contributed by atoms with Crippen LogP contribution in [0.5, 0.6) is 0 Å². The lowest BCUT2D eigenvalue weighted by atomic mass is 9.97. The lowest BCUT2D eigenvalue weighted by Crippen LogP contribution is -2.04. The topological polar surface area (TPSA) is 55.1 Å². The van der Waals surface area contributed by atoms with E-state index >= 15 is 0 Å². The number of aromatic nitrogens is 2. The summed E-state index contributed by atoms with van der Waals surface area (Å²) in [4.78, 5) is 11.7. The lowest BCUT2D eigenvalue weighted by molar-refractivity contribution is 0.0698. The number of fused-ring (bicyclic) bond motifs is 1. The molecule has 4 nitrogen and oxygen atoms in total. The number of carboxylic acid groups (broad SMARTS) is 1. The van der Waals surface area contributed by atoms with Crippen molar-refractivity contribution in [2.75, 3.05) is 0 Å². The summed E-state index contributed by atoms with van der Waals surface area (Å²) in [7, 11) is 0. The van der Waals surface area contributed by atoms with E-state index in [1.165, 1.54) is 12.8 Å². The second-order valence-corrected chi connectivity index (χ2v) is 6.20. The van der Waals surface area contributed by atoms with Crippen molar-refractivity contribution in [1.82, 2.24) is 9.78 Å². The Bertz CT molecular complexity index is 876. The molecule has 0 amide bonds. The zero-order valence-electron chi connectivity index (χ0n) is 12.8. The van der Waals surface area contributed by atoms with Gasteiger partial charge < -0.3 is 5.11 Å². The highest BCUT2D eigenvalue weighted by Crippen LogP contribution is 2.32. The third-order valence-corrected chi connectivity index (χ3v) is 4.73. The molecular formula is C19H18N2O2. The quantitative estimate of drug-likeness (QED) is 0.774. The van der Waals surface area contributed by atoms with Crippen LogP contribution in [0, 0.1) is 0 Å². The van der Waals surface area contributed by atoms with E-state index in [-0.39, 0.29) is 0 Å². The van der Waals surface area contributed by atoms with Gasteiger partial charge in [-0.05, 0) is 41.3 Å². The van der Waals surface area contributed by atoms with Crippen molar-refractivity contribution in [2.45, 2.75) is 31.7 Å². The van der Waals surface area contributed by atoms with Crippen LogP contribution >= 0.6 is 0 Å². The summed E-state index contributed by atoms with van der Waals surface area (Å²) in [5, 5.41) is 16.0. The fraction of sp³-hybridized carbons (Fsp3) is 0.263. The van der Waals surface area contributed by atoms with E-state index < -0.39 is 5.97 Å².